The first-order chi connectivity index (χ1) is 13.6. The van der Waals surface area contributed by atoms with E-state index in [2.05, 4.69) is 4.90 Å². The molecule has 2 bridgehead atoms. The number of aliphatic carboxylic acids is 1. The SMILES string of the molecule is O=C(O)[C@@H]1[C@@H](C(=O)N2CCN(Cc3ccc4c(c3)OCO4)CC2)[C@@H]2C=C[C@@H]1O2. The summed E-state index contributed by atoms with van der Waals surface area (Å²) in [5.74, 6) is -0.921. The van der Waals surface area contributed by atoms with Crippen molar-refractivity contribution in [2.45, 2.75) is 18.8 Å². The van der Waals surface area contributed by atoms with Gasteiger partial charge in [0.05, 0.1) is 18.1 Å². The van der Waals surface area contributed by atoms with Gasteiger partial charge in [-0.1, -0.05) is 18.2 Å². The van der Waals surface area contributed by atoms with Crippen LogP contribution in [0.15, 0.2) is 30.4 Å². The molecule has 8 nitrogen and oxygen atoms in total. The molecule has 148 valence electrons. The lowest BCUT2D eigenvalue weighted by atomic mass is 9.82. The number of nitrogens with zero attached hydrogens (tertiary/aromatic N) is 2. The van der Waals surface area contributed by atoms with E-state index in [-0.39, 0.29) is 12.7 Å². The van der Waals surface area contributed by atoms with Gasteiger partial charge in [-0.3, -0.25) is 14.5 Å². The summed E-state index contributed by atoms with van der Waals surface area (Å²) in [5, 5.41) is 9.51. The summed E-state index contributed by atoms with van der Waals surface area (Å²) in [6.45, 7) is 3.71. The maximum absolute atomic E-state index is 13.0. The fraction of sp³-hybridized carbons (Fsp3) is 0.500. The van der Waals surface area contributed by atoms with E-state index in [1.807, 2.05) is 24.3 Å². The minimum absolute atomic E-state index is 0.105. The standard InChI is InChI=1S/C20H22N2O6/c23-19(17-14-3-4-15(28-14)18(17)20(24)25)22-7-5-21(6-8-22)10-12-1-2-13-16(9-12)27-11-26-13/h1-4,9,14-15,17-18H,5-8,10-11H2,(H,24,25)/t14-,15-,17-,18-/m0/s1. The number of hydrogen-bond donors (Lipinski definition) is 1. The van der Waals surface area contributed by atoms with E-state index in [0.29, 0.717) is 13.1 Å². The van der Waals surface area contributed by atoms with Crippen molar-refractivity contribution < 1.29 is 28.9 Å². The number of carboxylic acid groups (broad SMARTS) is 1. The number of carbonyl (C=O) groups is 2. The first-order valence-corrected chi connectivity index (χ1v) is 9.56. The Bertz CT molecular complexity index is 832. The van der Waals surface area contributed by atoms with E-state index in [0.717, 1.165) is 36.7 Å². The van der Waals surface area contributed by atoms with Gasteiger partial charge in [0.2, 0.25) is 12.7 Å². The van der Waals surface area contributed by atoms with E-state index in [9.17, 15) is 14.7 Å². The molecular weight excluding hydrogens is 364 g/mol. The molecule has 0 spiro atoms. The van der Waals surface area contributed by atoms with E-state index < -0.39 is 30.0 Å². The highest BCUT2D eigenvalue weighted by Gasteiger charge is 2.54. The maximum atomic E-state index is 13.0. The van der Waals surface area contributed by atoms with Crippen molar-refractivity contribution in [2.24, 2.45) is 11.8 Å². The molecule has 1 aromatic rings. The zero-order chi connectivity index (χ0) is 19.3. The highest BCUT2D eigenvalue weighted by atomic mass is 16.7. The van der Waals surface area contributed by atoms with Crippen molar-refractivity contribution >= 4 is 11.9 Å². The molecule has 1 aromatic carbocycles. The minimum Gasteiger partial charge on any atom is -0.481 e. The minimum atomic E-state index is -0.961. The van der Waals surface area contributed by atoms with Crippen molar-refractivity contribution in [3.8, 4) is 11.5 Å². The number of amides is 1. The Morgan fingerprint density at radius 2 is 1.71 bits per heavy atom. The molecule has 1 amide bonds. The van der Waals surface area contributed by atoms with Crippen LogP contribution in [0.1, 0.15) is 5.56 Å². The second-order valence-electron chi connectivity index (χ2n) is 7.63. The Hall–Kier alpha value is -2.58. The van der Waals surface area contributed by atoms with Gasteiger partial charge in [0.1, 0.15) is 5.92 Å². The molecular formula is C20H22N2O6. The van der Waals surface area contributed by atoms with Crippen LogP contribution < -0.4 is 9.47 Å². The van der Waals surface area contributed by atoms with E-state index in [4.69, 9.17) is 14.2 Å². The Labute approximate surface area is 162 Å². The van der Waals surface area contributed by atoms with Gasteiger partial charge < -0.3 is 24.2 Å². The molecule has 0 unspecified atom stereocenters. The lowest BCUT2D eigenvalue weighted by Crippen LogP contribution is -2.52. The molecule has 0 aromatic heterocycles. The van der Waals surface area contributed by atoms with Crippen LogP contribution in [0.3, 0.4) is 0 Å². The smallest absolute Gasteiger partial charge is 0.310 e. The number of hydrogen-bond acceptors (Lipinski definition) is 6. The first kappa shape index (κ1) is 17.5. The lowest BCUT2D eigenvalue weighted by Gasteiger charge is -2.37. The van der Waals surface area contributed by atoms with Crippen LogP contribution in [0, 0.1) is 11.8 Å². The number of ether oxygens (including phenoxy) is 3. The Kier molecular flexibility index (Phi) is 4.25. The van der Waals surface area contributed by atoms with Gasteiger partial charge in [0, 0.05) is 32.7 Å². The fourth-order valence-electron chi connectivity index (χ4n) is 4.53. The van der Waals surface area contributed by atoms with Crippen LogP contribution in [0.4, 0.5) is 0 Å². The molecule has 2 saturated heterocycles. The van der Waals surface area contributed by atoms with Gasteiger partial charge in [-0.2, -0.15) is 0 Å². The topological polar surface area (TPSA) is 88.5 Å². The summed E-state index contributed by atoms with van der Waals surface area (Å²) in [6, 6.07) is 5.95. The number of fused-ring (bicyclic) bond motifs is 3. The maximum Gasteiger partial charge on any atom is 0.310 e. The van der Waals surface area contributed by atoms with E-state index >= 15 is 0 Å². The third-order valence-corrected chi connectivity index (χ3v) is 6.00. The molecule has 4 atom stereocenters. The van der Waals surface area contributed by atoms with Crippen molar-refractivity contribution in [1.82, 2.24) is 9.80 Å². The normalized spacial score (nSPS) is 30.8. The molecule has 2 fully saturated rings. The monoisotopic (exact) mass is 386 g/mol. The molecule has 0 aliphatic carbocycles. The van der Waals surface area contributed by atoms with Crippen LogP contribution in [-0.4, -0.2) is 72.0 Å². The zero-order valence-electron chi connectivity index (χ0n) is 15.3. The summed E-state index contributed by atoms with van der Waals surface area (Å²) < 4.78 is 16.4. The van der Waals surface area contributed by atoms with Crippen molar-refractivity contribution in [3.05, 3.63) is 35.9 Å². The highest BCUT2D eigenvalue weighted by molar-refractivity contribution is 5.87. The predicted molar refractivity (Wildman–Crippen MR) is 96.8 cm³/mol. The van der Waals surface area contributed by atoms with Gasteiger partial charge in [-0.05, 0) is 17.7 Å². The number of carbonyl (C=O) groups excluding carboxylic acids is 1. The number of benzene rings is 1. The van der Waals surface area contributed by atoms with Crippen LogP contribution in [0.5, 0.6) is 11.5 Å². The molecule has 4 heterocycles. The Morgan fingerprint density at radius 1 is 1.00 bits per heavy atom. The molecule has 0 saturated carbocycles. The molecule has 4 aliphatic rings. The average Bonchev–Trinajstić information content (AvgIpc) is 3.43. The van der Waals surface area contributed by atoms with Crippen molar-refractivity contribution in [1.29, 1.82) is 0 Å². The van der Waals surface area contributed by atoms with Crippen LogP contribution >= 0.6 is 0 Å². The predicted octanol–water partition coefficient (Wildman–Crippen LogP) is 0.714. The average molecular weight is 386 g/mol. The molecule has 5 rings (SSSR count). The number of rotatable bonds is 4. The quantitative estimate of drug-likeness (QED) is 0.763. The largest absolute Gasteiger partial charge is 0.481 e. The second kappa shape index (κ2) is 6.79. The van der Waals surface area contributed by atoms with E-state index in [1.165, 1.54) is 0 Å². The van der Waals surface area contributed by atoms with E-state index in [1.54, 1.807) is 11.0 Å². The van der Waals surface area contributed by atoms with Gasteiger partial charge in [0.15, 0.2) is 11.5 Å². The molecule has 0 radical (unpaired) electrons. The van der Waals surface area contributed by atoms with Gasteiger partial charge in [0.25, 0.3) is 0 Å². The van der Waals surface area contributed by atoms with Crippen molar-refractivity contribution in [3.63, 3.8) is 0 Å². The molecule has 8 heteroatoms. The third-order valence-electron chi connectivity index (χ3n) is 6.00. The second-order valence-corrected chi connectivity index (χ2v) is 7.63. The highest BCUT2D eigenvalue weighted by Crippen LogP contribution is 2.40. The number of carboxylic acids is 1. The fourth-order valence-corrected chi connectivity index (χ4v) is 4.53. The van der Waals surface area contributed by atoms with Crippen LogP contribution in [0.2, 0.25) is 0 Å². The number of piperazine rings is 1. The zero-order valence-corrected chi connectivity index (χ0v) is 15.3. The third kappa shape index (κ3) is 2.93. The molecule has 4 aliphatic heterocycles. The Morgan fingerprint density at radius 3 is 2.46 bits per heavy atom. The van der Waals surface area contributed by atoms with Gasteiger partial charge in [-0.15, -0.1) is 0 Å². The lowest BCUT2D eigenvalue weighted by molar-refractivity contribution is -0.150. The molecule has 1 N–H and O–H groups in total. The van der Waals surface area contributed by atoms with Gasteiger partial charge in [-0.25, -0.2) is 0 Å². The summed E-state index contributed by atoms with van der Waals surface area (Å²) >= 11 is 0. The Balaban J connectivity index is 1.20. The first-order valence-electron chi connectivity index (χ1n) is 9.56. The molecule has 28 heavy (non-hydrogen) atoms. The van der Waals surface area contributed by atoms with Crippen molar-refractivity contribution in [2.75, 3.05) is 33.0 Å². The van der Waals surface area contributed by atoms with Crippen LogP contribution in [0.25, 0.3) is 0 Å². The summed E-state index contributed by atoms with van der Waals surface area (Å²) in [7, 11) is 0. The summed E-state index contributed by atoms with van der Waals surface area (Å²) in [4.78, 5) is 28.7. The van der Waals surface area contributed by atoms with Crippen LogP contribution in [-0.2, 0) is 20.9 Å². The van der Waals surface area contributed by atoms with Gasteiger partial charge >= 0.3 is 5.97 Å². The summed E-state index contributed by atoms with van der Waals surface area (Å²) in [5.41, 5.74) is 1.14. The summed E-state index contributed by atoms with van der Waals surface area (Å²) in [6.07, 6.45) is 2.69.